The topological polar surface area (TPSA) is 67.4 Å². The van der Waals surface area contributed by atoms with E-state index >= 15 is 0 Å². The number of amides is 1. The van der Waals surface area contributed by atoms with Crippen LogP contribution in [0.4, 0.5) is 15.2 Å². The van der Waals surface area contributed by atoms with Crippen LogP contribution in [-0.4, -0.2) is 52.1 Å². The van der Waals surface area contributed by atoms with Crippen LogP contribution in [0.1, 0.15) is 13.8 Å². The number of morpholine rings is 1. The first-order valence-electron chi connectivity index (χ1n) is 7.91. The summed E-state index contributed by atoms with van der Waals surface area (Å²) in [5, 5.41) is 11.7. The van der Waals surface area contributed by atoms with Gasteiger partial charge in [0.1, 0.15) is 5.82 Å². The largest absolute Gasteiger partial charge is 0.372 e. The normalized spacial score (nSPS) is 20.5. The van der Waals surface area contributed by atoms with E-state index in [0.717, 1.165) is 0 Å². The van der Waals surface area contributed by atoms with Crippen molar-refractivity contribution in [3.63, 3.8) is 0 Å². The lowest BCUT2D eigenvalue weighted by Gasteiger charge is -2.35. The van der Waals surface area contributed by atoms with Gasteiger partial charge in [0.25, 0.3) is 0 Å². The molecule has 1 fully saturated rings. The lowest BCUT2D eigenvalue weighted by atomic mass is 10.2. The number of carbonyl (C=O) groups is 1. The van der Waals surface area contributed by atoms with E-state index in [1.54, 1.807) is 12.1 Å². The van der Waals surface area contributed by atoms with Gasteiger partial charge in [0.15, 0.2) is 4.34 Å². The van der Waals surface area contributed by atoms with Crippen LogP contribution in [0, 0.1) is 5.82 Å². The highest BCUT2D eigenvalue weighted by molar-refractivity contribution is 8.01. The molecular weight excluding hydrogens is 363 g/mol. The first-order chi connectivity index (χ1) is 12.0. The van der Waals surface area contributed by atoms with Crippen molar-refractivity contribution in [3.05, 3.63) is 30.1 Å². The zero-order valence-corrected chi connectivity index (χ0v) is 15.6. The molecule has 0 aliphatic carbocycles. The van der Waals surface area contributed by atoms with Crippen LogP contribution in [0.15, 0.2) is 28.6 Å². The third-order valence-corrected chi connectivity index (χ3v) is 5.53. The molecule has 0 unspecified atom stereocenters. The maximum absolute atomic E-state index is 13.2. The van der Waals surface area contributed by atoms with Crippen molar-refractivity contribution in [2.75, 3.05) is 24.2 Å². The summed E-state index contributed by atoms with van der Waals surface area (Å²) in [5.41, 5.74) is 0.611. The smallest absolute Gasteiger partial charge is 0.233 e. The van der Waals surface area contributed by atoms with Gasteiger partial charge in [-0.15, -0.1) is 10.2 Å². The van der Waals surface area contributed by atoms with Crippen LogP contribution in [0.25, 0.3) is 0 Å². The predicted octanol–water partition coefficient (Wildman–Crippen LogP) is 3.15. The van der Waals surface area contributed by atoms with Gasteiger partial charge in [-0.1, -0.05) is 29.2 Å². The van der Waals surface area contributed by atoms with Crippen LogP contribution in [0.5, 0.6) is 0 Å². The Kier molecular flexibility index (Phi) is 5.87. The van der Waals surface area contributed by atoms with Gasteiger partial charge in [0.2, 0.25) is 11.0 Å². The van der Waals surface area contributed by atoms with Gasteiger partial charge in [0.05, 0.1) is 18.0 Å². The lowest BCUT2D eigenvalue weighted by molar-refractivity contribution is -0.140. The molecule has 0 spiro atoms. The second-order valence-corrected chi connectivity index (χ2v) is 8.05. The maximum atomic E-state index is 13.2. The molecule has 1 saturated heterocycles. The molecule has 1 aliphatic heterocycles. The maximum Gasteiger partial charge on any atom is 0.233 e. The summed E-state index contributed by atoms with van der Waals surface area (Å²) in [7, 11) is 0. The number of ether oxygens (including phenoxy) is 1. The van der Waals surface area contributed by atoms with Crippen LogP contribution in [0.2, 0.25) is 0 Å². The highest BCUT2D eigenvalue weighted by Gasteiger charge is 2.25. The van der Waals surface area contributed by atoms with E-state index < -0.39 is 0 Å². The molecule has 134 valence electrons. The summed E-state index contributed by atoms with van der Waals surface area (Å²) >= 11 is 2.69. The van der Waals surface area contributed by atoms with E-state index in [-0.39, 0.29) is 23.9 Å². The zero-order chi connectivity index (χ0) is 17.8. The van der Waals surface area contributed by atoms with Crippen molar-refractivity contribution >= 4 is 39.8 Å². The Bertz CT molecular complexity index is 732. The van der Waals surface area contributed by atoms with E-state index in [4.69, 9.17) is 4.74 Å². The quantitative estimate of drug-likeness (QED) is 0.802. The number of hydrogen-bond donors (Lipinski definition) is 1. The third kappa shape index (κ3) is 5.13. The van der Waals surface area contributed by atoms with Crippen LogP contribution in [-0.2, 0) is 9.53 Å². The molecule has 1 N–H and O–H groups in total. The first-order valence-corrected chi connectivity index (χ1v) is 9.72. The number of thioether (sulfide) groups is 1. The standard InChI is InChI=1S/C16H19FN4O2S2/c1-10-7-21(8-11(2)23-10)14(22)9-24-16-20-19-15(25-16)18-13-5-3-4-12(17)6-13/h3-6,10-11H,7-9H2,1-2H3,(H,18,19)/t10-,11+. The van der Waals surface area contributed by atoms with E-state index in [1.807, 2.05) is 18.7 Å². The molecule has 0 saturated carbocycles. The molecule has 2 atom stereocenters. The van der Waals surface area contributed by atoms with E-state index in [9.17, 15) is 9.18 Å². The Hall–Kier alpha value is -1.71. The fraction of sp³-hybridized carbons (Fsp3) is 0.438. The van der Waals surface area contributed by atoms with Crippen molar-refractivity contribution in [1.82, 2.24) is 15.1 Å². The number of aromatic nitrogens is 2. The number of benzene rings is 1. The lowest BCUT2D eigenvalue weighted by Crippen LogP contribution is -2.48. The minimum Gasteiger partial charge on any atom is -0.372 e. The van der Waals surface area contributed by atoms with Crippen molar-refractivity contribution in [2.45, 2.75) is 30.4 Å². The molecule has 0 radical (unpaired) electrons. The summed E-state index contributed by atoms with van der Waals surface area (Å²) < 4.78 is 19.5. The van der Waals surface area contributed by atoms with E-state index in [1.165, 1.54) is 35.2 Å². The van der Waals surface area contributed by atoms with Crippen molar-refractivity contribution in [1.29, 1.82) is 0 Å². The molecule has 1 amide bonds. The molecule has 2 aromatic rings. The Morgan fingerprint density at radius 1 is 1.40 bits per heavy atom. The molecule has 1 aromatic carbocycles. The van der Waals surface area contributed by atoms with Gasteiger partial charge < -0.3 is 15.0 Å². The molecule has 1 aliphatic rings. The monoisotopic (exact) mass is 382 g/mol. The summed E-state index contributed by atoms with van der Waals surface area (Å²) in [6.07, 6.45) is 0.114. The minimum absolute atomic E-state index is 0.0568. The number of nitrogens with one attached hydrogen (secondary N) is 1. The van der Waals surface area contributed by atoms with Gasteiger partial charge in [0, 0.05) is 18.8 Å². The fourth-order valence-corrected chi connectivity index (χ4v) is 4.28. The first kappa shape index (κ1) is 18.1. The molecule has 25 heavy (non-hydrogen) atoms. The molecule has 9 heteroatoms. The summed E-state index contributed by atoms with van der Waals surface area (Å²) in [5.74, 6) is 0.0686. The zero-order valence-electron chi connectivity index (χ0n) is 13.9. The van der Waals surface area contributed by atoms with Gasteiger partial charge in [-0.2, -0.15) is 0 Å². The highest BCUT2D eigenvalue weighted by Crippen LogP contribution is 2.28. The Balaban J connectivity index is 1.52. The second kappa shape index (κ2) is 8.11. The molecule has 3 rings (SSSR count). The Labute approximate surface area is 153 Å². The average molecular weight is 382 g/mol. The summed E-state index contributed by atoms with van der Waals surface area (Å²) in [6.45, 7) is 5.18. The average Bonchev–Trinajstić information content (AvgIpc) is 2.99. The predicted molar refractivity (Wildman–Crippen MR) is 96.9 cm³/mol. The van der Waals surface area contributed by atoms with Crippen molar-refractivity contribution in [3.8, 4) is 0 Å². The highest BCUT2D eigenvalue weighted by atomic mass is 32.2. The number of carbonyl (C=O) groups excluding carboxylic acids is 1. The molecule has 0 bridgehead atoms. The molecule has 6 nitrogen and oxygen atoms in total. The third-order valence-electron chi connectivity index (χ3n) is 3.57. The molecular formula is C16H19FN4O2S2. The van der Waals surface area contributed by atoms with Gasteiger partial charge in [-0.05, 0) is 32.0 Å². The number of anilines is 2. The van der Waals surface area contributed by atoms with E-state index in [0.29, 0.717) is 34.0 Å². The van der Waals surface area contributed by atoms with Crippen LogP contribution in [0.3, 0.4) is 0 Å². The van der Waals surface area contributed by atoms with E-state index in [2.05, 4.69) is 15.5 Å². The van der Waals surface area contributed by atoms with Gasteiger partial charge in [-0.25, -0.2) is 4.39 Å². The Morgan fingerprint density at radius 3 is 2.88 bits per heavy atom. The van der Waals surface area contributed by atoms with Crippen LogP contribution >= 0.6 is 23.1 Å². The van der Waals surface area contributed by atoms with Crippen LogP contribution < -0.4 is 5.32 Å². The summed E-state index contributed by atoms with van der Waals surface area (Å²) in [4.78, 5) is 14.2. The SMILES string of the molecule is C[C@@H]1CN(C(=O)CSc2nnc(Nc3cccc(F)c3)s2)C[C@H](C)O1. The summed E-state index contributed by atoms with van der Waals surface area (Å²) in [6, 6.07) is 6.14. The molecule has 1 aromatic heterocycles. The molecule has 2 heterocycles. The van der Waals surface area contributed by atoms with Gasteiger partial charge >= 0.3 is 0 Å². The minimum atomic E-state index is -0.316. The fourth-order valence-electron chi connectivity index (χ4n) is 2.60. The Morgan fingerprint density at radius 2 is 2.16 bits per heavy atom. The van der Waals surface area contributed by atoms with Gasteiger partial charge in [-0.3, -0.25) is 4.79 Å². The second-order valence-electron chi connectivity index (χ2n) is 5.85. The van der Waals surface area contributed by atoms with Crippen molar-refractivity contribution in [2.24, 2.45) is 0 Å². The number of rotatable bonds is 5. The number of halogens is 1. The van der Waals surface area contributed by atoms with Crippen molar-refractivity contribution < 1.29 is 13.9 Å². The number of hydrogen-bond acceptors (Lipinski definition) is 7. The number of nitrogens with zero attached hydrogens (tertiary/aromatic N) is 3.